The zero-order chi connectivity index (χ0) is 11.0. The number of nitrogen functional groups attached to an aromatic ring is 1. The predicted octanol–water partition coefficient (Wildman–Crippen LogP) is 2.74. The molecule has 0 saturated carbocycles. The number of fused-ring (bicyclic) bond motifs is 1. The van der Waals surface area contributed by atoms with Crippen LogP contribution < -0.4 is 5.73 Å². The first kappa shape index (κ1) is 10.2. The molecule has 2 N–H and O–H groups in total. The van der Waals surface area contributed by atoms with E-state index in [1.54, 1.807) is 0 Å². The van der Waals surface area contributed by atoms with Crippen molar-refractivity contribution < 1.29 is 0 Å². The number of nitrogens with two attached hydrogens (primary N) is 1. The van der Waals surface area contributed by atoms with Gasteiger partial charge < -0.3 is 5.73 Å². The summed E-state index contributed by atoms with van der Waals surface area (Å²) in [5, 5.41) is 1.49. The topological polar surface area (TPSA) is 51.8 Å². The molecule has 0 spiro atoms. The van der Waals surface area contributed by atoms with E-state index in [1.807, 2.05) is 26.0 Å². The van der Waals surface area contributed by atoms with Crippen molar-refractivity contribution in [3.05, 3.63) is 28.5 Å². The maximum absolute atomic E-state index is 6.08. The maximum atomic E-state index is 6.08. The van der Waals surface area contributed by atoms with Gasteiger partial charge in [-0.25, -0.2) is 9.97 Å². The van der Waals surface area contributed by atoms with Crippen molar-refractivity contribution in [1.82, 2.24) is 9.97 Å². The molecule has 15 heavy (non-hydrogen) atoms. The highest BCUT2D eigenvalue weighted by molar-refractivity contribution is 6.35. The molecule has 0 atom stereocenters. The summed E-state index contributed by atoms with van der Waals surface area (Å²) in [4.78, 5) is 8.62. The second-order valence-electron chi connectivity index (χ2n) is 3.47. The molecule has 0 aliphatic heterocycles. The highest BCUT2D eigenvalue weighted by Crippen LogP contribution is 2.28. The van der Waals surface area contributed by atoms with Gasteiger partial charge in [-0.15, -0.1) is 0 Å². The van der Waals surface area contributed by atoms with E-state index in [4.69, 9.17) is 17.3 Å². The quantitative estimate of drug-likeness (QED) is 0.806. The summed E-state index contributed by atoms with van der Waals surface area (Å²) >= 11 is 6.08. The van der Waals surface area contributed by atoms with Crippen molar-refractivity contribution >= 4 is 28.3 Å². The molecule has 3 nitrogen and oxygen atoms in total. The van der Waals surface area contributed by atoms with Crippen molar-refractivity contribution in [3.8, 4) is 0 Å². The van der Waals surface area contributed by atoms with Crippen molar-refractivity contribution in [1.29, 1.82) is 0 Å². The second-order valence-corrected chi connectivity index (χ2v) is 3.87. The molecule has 0 unspecified atom stereocenters. The number of halogens is 1. The number of hydrogen-bond acceptors (Lipinski definition) is 3. The fourth-order valence-corrected chi connectivity index (χ4v) is 1.81. The molecule has 0 amide bonds. The first-order valence-electron chi connectivity index (χ1n) is 4.84. The fourth-order valence-electron chi connectivity index (χ4n) is 1.61. The molecule has 2 aromatic rings. The molecule has 0 aliphatic carbocycles. The van der Waals surface area contributed by atoms with E-state index in [-0.39, 0.29) is 0 Å². The largest absolute Gasteiger partial charge is 0.383 e. The summed E-state index contributed by atoms with van der Waals surface area (Å²) < 4.78 is 0. The van der Waals surface area contributed by atoms with Gasteiger partial charge >= 0.3 is 0 Å². The van der Waals surface area contributed by atoms with Crippen LogP contribution in [0.4, 0.5) is 5.82 Å². The van der Waals surface area contributed by atoms with Gasteiger partial charge in [-0.2, -0.15) is 0 Å². The lowest BCUT2D eigenvalue weighted by atomic mass is 10.1. The van der Waals surface area contributed by atoms with Crippen LogP contribution in [0.5, 0.6) is 0 Å². The van der Waals surface area contributed by atoms with E-state index < -0.39 is 0 Å². The van der Waals surface area contributed by atoms with Crippen LogP contribution in [0, 0.1) is 6.92 Å². The molecule has 1 heterocycles. The zero-order valence-corrected chi connectivity index (χ0v) is 9.47. The summed E-state index contributed by atoms with van der Waals surface area (Å²) in [6.07, 6.45) is 0.754. The Bertz CT molecular complexity index is 523. The van der Waals surface area contributed by atoms with Crippen molar-refractivity contribution in [3.63, 3.8) is 0 Å². The van der Waals surface area contributed by atoms with E-state index in [9.17, 15) is 0 Å². The van der Waals surface area contributed by atoms with Gasteiger partial charge in [0.15, 0.2) is 0 Å². The zero-order valence-electron chi connectivity index (χ0n) is 8.71. The first-order valence-corrected chi connectivity index (χ1v) is 5.22. The normalized spacial score (nSPS) is 10.9. The molecule has 2 rings (SSSR count). The fraction of sp³-hybridized carbons (Fsp3) is 0.273. The Kier molecular flexibility index (Phi) is 2.49. The third-order valence-electron chi connectivity index (χ3n) is 2.40. The predicted molar refractivity (Wildman–Crippen MR) is 63.1 cm³/mol. The summed E-state index contributed by atoms with van der Waals surface area (Å²) in [6, 6.07) is 3.76. The number of nitrogens with zero attached hydrogens (tertiary/aromatic N) is 2. The smallest absolute Gasteiger partial charge is 0.135 e. The molecule has 0 saturated heterocycles. The summed E-state index contributed by atoms with van der Waals surface area (Å²) in [6.45, 7) is 3.97. The number of benzene rings is 1. The van der Waals surface area contributed by atoms with Crippen LogP contribution in [0.15, 0.2) is 12.1 Å². The van der Waals surface area contributed by atoms with Crippen molar-refractivity contribution in [2.45, 2.75) is 20.3 Å². The van der Waals surface area contributed by atoms with Crippen LogP contribution in [0.25, 0.3) is 10.9 Å². The van der Waals surface area contributed by atoms with E-state index >= 15 is 0 Å². The minimum absolute atomic E-state index is 0.511. The molecule has 4 heteroatoms. The van der Waals surface area contributed by atoms with Gasteiger partial charge in [0.25, 0.3) is 0 Å². The Morgan fingerprint density at radius 3 is 2.73 bits per heavy atom. The summed E-state index contributed by atoms with van der Waals surface area (Å²) in [5.74, 6) is 1.24. The lowest BCUT2D eigenvalue weighted by molar-refractivity contribution is 0.965. The van der Waals surface area contributed by atoms with Gasteiger partial charge in [0.05, 0.1) is 10.5 Å². The lowest BCUT2D eigenvalue weighted by Crippen LogP contribution is -2.01. The van der Waals surface area contributed by atoms with Gasteiger partial charge in [-0.05, 0) is 18.6 Å². The standard InChI is InChI=1S/C11H12ClN3/c1-3-8-14-10-7(12)5-4-6(2)9(10)11(13)15-8/h4-5H,3H2,1-2H3,(H2,13,14,15). The molecule has 0 radical (unpaired) electrons. The van der Waals surface area contributed by atoms with E-state index in [2.05, 4.69) is 9.97 Å². The highest BCUT2D eigenvalue weighted by Gasteiger charge is 2.09. The second kappa shape index (κ2) is 3.66. The average Bonchev–Trinajstić information content (AvgIpc) is 2.23. The third kappa shape index (κ3) is 1.63. The minimum Gasteiger partial charge on any atom is -0.383 e. The summed E-state index contributed by atoms with van der Waals surface area (Å²) in [5.41, 5.74) is 7.69. The Balaban J connectivity index is 2.90. The average molecular weight is 222 g/mol. The molecular formula is C11H12ClN3. The van der Waals surface area contributed by atoms with Crippen LogP contribution in [-0.4, -0.2) is 9.97 Å². The van der Waals surface area contributed by atoms with Crippen molar-refractivity contribution in [2.24, 2.45) is 0 Å². The van der Waals surface area contributed by atoms with Crippen LogP contribution in [0.3, 0.4) is 0 Å². The van der Waals surface area contributed by atoms with Crippen LogP contribution in [0.2, 0.25) is 5.02 Å². The molecule has 0 bridgehead atoms. The van der Waals surface area contributed by atoms with Crippen LogP contribution in [0.1, 0.15) is 18.3 Å². The van der Waals surface area contributed by atoms with Gasteiger partial charge in [0, 0.05) is 11.8 Å². The number of anilines is 1. The van der Waals surface area contributed by atoms with Crippen LogP contribution in [-0.2, 0) is 6.42 Å². The molecule has 1 aromatic carbocycles. The third-order valence-corrected chi connectivity index (χ3v) is 2.70. The number of aryl methyl sites for hydroxylation is 2. The Hall–Kier alpha value is -1.35. The monoisotopic (exact) mass is 221 g/mol. The van der Waals surface area contributed by atoms with E-state index in [0.717, 1.165) is 28.7 Å². The maximum Gasteiger partial charge on any atom is 0.135 e. The Morgan fingerprint density at radius 2 is 2.07 bits per heavy atom. The molecule has 1 aromatic heterocycles. The Labute approximate surface area is 93.3 Å². The van der Waals surface area contributed by atoms with Gasteiger partial charge in [0.1, 0.15) is 11.6 Å². The molecular weight excluding hydrogens is 210 g/mol. The SMILES string of the molecule is CCc1nc(N)c2c(C)ccc(Cl)c2n1. The van der Waals surface area contributed by atoms with Crippen LogP contribution >= 0.6 is 11.6 Å². The van der Waals surface area contributed by atoms with Gasteiger partial charge in [-0.3, -0.25) is 0 Å². The first-order chi connectivity index (χ1) is 7.13. The lowest BCUT2D eigenvalue weighted by Gasteiger charge is -2.07. The number of aromatic nitrogens is 2. The highest BCUT2D eigenvalue weighted by atomic mass is 35.5. The molecule has 78 valence electrons. The Morgan fingerprint density at radius 1 is 1.33 bits per heavy atom. The minimum atomic E-state index is 0.511. The van der Waals surface area contributed by atoms with E-state index in [0.29, 0.717) is 10.8 Å². The number of rotatable bonds is 1. The number of hydrogen-bond donors (Lipinski definition) is 1. The van der Waals surface area contributed by atoms with Gasteiger partial charge in [-0.1, -0.05) is 24.6 Å². The van der Waals surface area contributed by atoms with Gasteiger partial charge in [0.2, 0.25) is 0 Å². The van der Waals surface area contributed by atoms with E-state index in [1.165, 1.54) is 0 Å². The molecule has 0 aliphatic rings. The molecule has 0 fully saturated rings. The van der Waals surface area contributed by atoms with Crippen molar-refractivity contribution in [2.75, 3.05) is 5.73 Å². The summed E-state index contributed by atoms with van der Waals surface area (Å²) in [7, 11) is 0.